The van der Waals surface area contributed by atoms with E-state index in [2.05, 4.69) is 29.3 Å². The summed E-state index contributed by atoms with van der Waals surface area (Å²) in [5.41, 5.74) is 2.31. The molecule has 0 radical (unpaired) electrons. The third-order valence-electron chi connectivity index (χ3n) is 3.03. The highest BCUT2D eigenvalue weighted by atomic mass is 32.1. The Balaban J connectivity index is 2.21. The van der Waals surface area contributed by atoms with E-state index in [0.717, 1.165) is 34.7 Å². The first kappa shape index (κ1) is 13.9. The number of rotatable bonds is 5. The Kier molecular flexibility index (Phi) is 4.43. The van der Waals surface area contributed by atoms with E-state index in [0.29, 0.717) is 6.42 Å². The maximum absolute atomic E-state index is 12.4. The van der Waals surface area contributed by atoms with E-state index in [4.69, 9.17) is 0 Å². The summed E-state index contributed by atoms with van der Waals surface area (Å²) in [6.07, 6.45) is 2.22. The summed E-state index contributed by atoms with van der Waals surface area (Å²) >= 11 is 1.72. The topological polar surface area (TPSA) is 42.9 Å². The van der Waals surface area contributed by atoms with Crippen LogP contribution in [-0.4, -0.2) is 16.0 Å². The maximum Gasteiger partial charge on any atom is 0.170 e. The second-order valence-corrected chi connectivity index (χ2v) is 5.77. The number of hydrogen-bond acceptors (Lipinski definition) is 4. The van der Waals surface area contributed by atoms with Gasteiger partial charge in [0.25, 0.3) is 0 Å². The minimum absolute atomic E-state index is 0.138. The van der Waals surface area contributed by atoms with E-state index in [1.807, 2.05) is 19.9 Å². The van der Waals surface area contributed by atoms with Gasteiger partial charge in [0.15, 0.2) is 5.78 Å². The average molecular weight is 274 g/mol. The van der Waals surface area contributed by atoms with E-state index >= 15 is 0 Å². The van der Waals surface area contributed by atoms with Gasteiger partial charge in [-0.25, -0.2) is 0 Å². The molecule has 0 aromatic carbocycles. The molecule has 0 amide bonds. The first-order valence-corrected chi connectivity index (χ1v) is 7.39. The monoisotopic (exact) mass is 274 g/mol. The maximum atomic E-state index is 12.4. The highest BCUT2D eigenvalue weighted by Gasteiger charge is 2.14. The molecule has 0 unspecified atom stereocenters. The molecule has 2 rings (SSSR count). The fraction of sp³-hybridized carbons (Fsp3) is 0.400. The van der Waals surface area contributed by atoms with Crippen molar-refractivity contribution in [1.29, 1.82) is 0 Å². The van der Waals surface area contributed by atoms with Crippen LogP contribution >= 0.6 is 11.3 Å². The smallest absolute Gasteiger partial charge is 0.170 e. The van der Waals surface area contributed by atoms with Crippen molar-refractivity contribution in [1.82, 2.24) is 10.2 Å². The standard InChI is InChI=1S/C15H18N2OS/c1-4-11-6-7-12(19-11)9-15(18)13-8-10(3)16-17-14(13)5-2/h6-8H,4-5,9H2,1-3H3. The molecule has 2 aromatic rings. The highest BCUT2D eigenvalue weighted by Crippen LogP contribution is 2.20. The van der Waals surface area contributed by atoms with E-state index in [1.165, 1.54) is 4.88 Å². The highest BCUT2D eigenvalue weighted by molar-refractivity contribution is 7.12. The van der Waals surface area contributed by atoms with Crippen LogP contribution in [0.25, 0.3) is 0 Å². The van der Waals surface area contributed by atoms with Gasteiger partial charge in [-0.3, -0.25) is 4.79 Å². The molecule has 0 atom stereocenters. The predicted octanol–water partition coefficient (Wildman–Crippen LogP) is 3.40. The largest absolute Gasteiger partial charge is 0.294 e. The molecule has 3 nitrogen and oxygen atoms in total. The molecule has 0 fully saturated rings. The van der Waals surface area contributed by atoms with Crippen LogP contribution < -0.4 is 0 Å². The number of carbonyl (C=O) groups excluding carboxylic acids is 1. The van der Waals surface area contributed by atoms with Gasteiger partial charge in [-0.05, 0) is 38.0 Å². The van der Waals surface area contributed by atoms with Crippen LogP contribution in [0.3, 0.4) is 0 Å². The first-order valence-electron chi connectivity index (χ1n) is 6.58. The molecule has 0 saturated heterocycles. The average Bonchev–Trinajstić information content (AvgIpc) is 2.86. The number of ketones is 1. The minimum atomic E-state index is 0.138. The number of thiophene rings is 1. The second-order valence-electron chi connectivity index (χ2n) is 4.52. The molecule has 0 N–H and O–H groups in total. The lowest BCUT2D eigenvalue weighted by Crippen LogP contribution is -2.09. The lowest BCUT2D eigenvalue weighted by atomic mass is 10.0. The normalized spacial score (nSPS) is 10.7. The Morgan fingerprint density at radius 3 is 2.53 bits per heavy atom. The molecule has 2 heterocycles. The molecule has 19 heavy (non-hydrogen) atoms. The van der Waals surface area contributed by atoms with Gasteiger partial charge in [0, 0.05) is 21.7 Å². The fourth-order valence-corrected chi connectivity index (χ4v) is 2.93. The molecule has 0 aliphatic heterocycles. The molecule has 0 aliphatic rings. The van der Waals surface area contributed by atoms with Crippen LogP contribution in [0.2, 0.25) is 0 Å². The van der Waals surface area contributed by atoms with Gasteiger partial charge in [0.05, 0.1) is 11.4 Å². The van der Waals surface area contributed by atoms with Gasteiger partial charge in [0.2, 0.25) is 0 Å². The molecular weight excluding hydrogens is 256 g/mol. The molecule has 0 saturated carbocycles. The molecule has 100 valence electrons. The van der Waals surface area contributed by atoms with Crippen molar-refractivity contribution < 1.29 is 4.79 Å². The third-order valence-corrected chi connectivity index (χ3v) is 4.26. The van der Waals surface area contributed by atoms with Crippen molar-refractivity contribution in [2.24, 2.45) is 0 Å². The third kappa shape index (κ3) is 3.26. The van der Waals surface area contributed by atoms with Crippen molar-refractivity contribution in [3.63, 3.8) is 0 Å². The lowest BCUT2D eigenvalue weighted by Gasteiger charge is -2.05. The number of hydrogen-bond donors (Lipinski definition) is 0. The number of nitrogens with zero attached hydrogens (tertiary/aromatic N) is 2. The van der Waals surface area contributed by atoms with Crippen LogP contribution in [0.5, 0.6) is 0 Å². The molecule has 2 aromatic heterocycles. The molecule has 0 aliphatic carbocycles. The summed E-state index contributed by atoms with van der Waals surface area (Å²) in [4.78, 5) is 14.8. The summed E-state index contributed by atoms with van der Waals surface area (Å²) < 4.78 is 0. The Labute approximate surface area is 117 Å². The van der Waals surface area contributed by atoms with Gasteiger partial charge in [-0.1, -0.05) is 13.8 Å². The molecule has 0 spiro atoms. The lowest BCUT2D eigenvalue weighted by molar-refractivity contribution is 0.0992. The zero-order valence-corrected chi connectivity index (χ0v) is 12.4. The van der Waals surface area contributed by atoms with Crippen molar-refractivity contribution >= 4 is 17.1 Å². The van der Waals surface area contributed by atoms with Crippen LogP contribution in [0.1, 0.15) is 45.3 Å². The van der Waals surface area contributed by atoms with Gasteiger partial charge in [0.1, 0.15) is 0 Å². The Bertz CT molecular complexity index is 590. The quantitative estimate of drug-likeness (QED) is 0.785. The van der Waals surface area contributed by atoms with E-state index in [9.17, 15) is 4.79 Å². The molecule has 4 heteroatoms. The second kappa shape index (κ2) is 6.06. The number of carbonyl (C=O) groups is 1. The number of Topliss-reactive ketones (excluding diaryl/α,β-unsaturated/α-hetero) is 1. The minimum Gasteiger partial charge on any atom is -0.294 e. The van der Waals surface area contributed by atoms with Crippen LogP contribution in [-0.2, 0) is 19.3 Å². The van der Waals surface area contributed by atoms with Crippen molar-refractivity contribution in [2.45, 2.75) is 40.0 Å². The Morgan fingerprint density at radius 2 is 1.89 bits per heavy atom. The van der Waals surface area contributed by atoms with Crippen LogP contribution in [0.4, 0.5) is 0 Å². The van der Waals surface area contributed by atoms with E-state index in [-0.39, 0.29) is 5.78 Å². The van der Waals surface area contributed by atoms with Gasteiger partial charge in [-0.15, -0.1) is 11.3 Å². The first-order chi connectivity index (χ1) is 9.13. The summed E-state index contributed by atoms with van der Waals surface area (Å²) in [6.45, 7) is 5.99. The fourth-order valence-electron chi connectivity index (χ4n) is 1.98. The summed E-state index contributed by atoms with van der Waals surface area (Å²) in [5.74, 6) is 0.138. The van der Waals surface area contributed by atoms with Gasteiger partial charge >= 0.3 is 0 Å². The summed E-state index contributed by atoms with van der Waals surface area (Å²) in [7, 11) is 0. The van der Waals surface area contributed by atoms with Crippen molar-refractivity contribution in [2.75, 3.05) is 0 Å². The molecule has 0 bridgehead atoms. The van der Waals surface area contributed by atoms with E-state index in [1.54, 1.807) is 11.3 Å². The van der Waals surface area contributed by atoms with Crippen molar-refractivity contribution in [3.05, 3.63) is 44.9 Å². The Morgan fingerprint density at radius 1 is 1.16 bits per heavy atom. The Hall–Kier alpha value is -1.55. The van der Waals surface area contributed by atoms with Gasteiger partial charge in [-0.2, -0.15) is 10.2 Å². The number of aryl methyl sites for hydroxylation is 3. The van der Waals surface area contributed by atoms with Gasteiger partial charge < -0.3 is 0 Å². The van der Waals surface area contributed by atoms with E-state index < -0.39 is 0 Å². The number of aromatic nitrogens is 2. The zero-order chi connectivity index (χ0) is 13.8. The van der Waals surface area contributed by atoms with Crippen molar-refractivity contribution in [3.8, 4) is 0 Å². The van der Waals surface area contributed by atoms with Crippen LogP contribution in [0.15, 0.2) is 18.2 Å². The van der Waals surface area contributed by atoms with Crippen LogP contribution in [0, 0.1) is 6.92 Å². The summed E-state index contributed by atoms with van der Waals surface area (Å²) in [6, 6.07) is 6.00. The SMILES string of the molecule is CCc1ccc(CC(=O)c2cc(C)nnc2CC)s1. The predicted molar refractivity (Wildman–Crippen MR) is 77.9 cm³/mol. The zero-order valence-electron chi connectivity index (χ0n) is 11.6. The summed E-state index contributed by atoms with van der Waals surface area (Å²) in [5, 5.41) is 8.13. The molecular formula is C15H18N2OS.